The molecule has 0 saturated carbocycles. The molecule has 2 heterocycles. The van der Waals surface area contributed by atoms with Gasteiger partial charge >= 0.3 is 5.97 Å². The Morgan fingerprint density at radius 3 is 2.21 bits per heavy atom. The smallest absolute Gasteiger partial charge is 0.341 e. The van der Waals surface area contributed by atoms with Crippen LogP contribution in [0.2, 0.25) is 0 Å². The third kappa shape index (κ3) is 5.66. The standard InChI is InChI=1S/C19H29N3O5S/c23-19(24)16-27-18-7-5-17(6-8-18)15-20-9-4-12-22(14-13-20)28(25,26)21-10-2-1-3-11-21/h5-8H,1-4,9-16H2,(H,23,24). The van der Waals surface area contributed by atoms with Crippen LogP contribution in [0.3, 0.4) is 0 Å². The molecule has 28 heavy (non-hydrogen) atoms. The van der Waals surface area contributed by atoms with Crippen LogP contribution in [0.15, 0.2) is 24.3 Å². The number of carbonyl (C=O) groups is 1. The zero-order chi connectivity index (χ0) is 20.0. The molecule has 0 spiro atoms. The van der Waals surface area contributed by atoms with Crippen molar-refractivity contribution in [1.82, 2.24) is 13.5 Å². The first-order valence-electron chi connectivity index (χ1n) is 9.86. The third-order valence-electron chi connectivity index (χ3n) is 5.21. The van der Waals surface area contributed by atoms with E-state index in [0.717, 1.165) is 44.3 Å². The lowest BCUT2D eigenvalue weighted by atomic mass is 10.2. The third-order valence-corrected chi connectivity index (χ3v) is 7.24. The van der Waals surface area contributed by atoms with Crippen molar-refractivity contribution in [2.75, 3.05) is 45.9 Å². The highest BCUT2D eigenvalue weighted by Gasteiger charge is 2.31. The van der Waals surface area contributed by atoms with Crippen molar-refractivity contribution in [3.63, 3.8) is 0 Å². The first-order valence-corrected chi connectivity index (χ1v) is 11.3. The SMILES string of the molecule is O=C(O)COc1ccc(CN2CCCN(S(=O)(=O)N3CCCCC3)CC2)cc1. The quantitative estimate of drug-likeness (QED) is 0.729. The minimum Gasteiger partial charge on any atom is -0.482 e. The molecule has 2 aliphatic rings. The monoisotopic (exact) mass is 411 g/mol. The van der Waals surface area contributed by atoms with Crippen molar-refractivity contribution in [2.45, 2.75) is 32.2 Å². The molecular weight excluding hydrogens is 382 g/mol. The molecule has 1 aromatic carbocycles. The van der Waals surface area contributed by atoms with E-state index in [2.05, 4.69) is 4.90 Å². The molecule has 0 aromatic heterocycles. The molecule has 1 aromatic rings. The van der Waals surface area contributed by atoms with Gasteiger partial charge in [-0.25, -0.2) is 4.79 Å². The number of nitrogens with zero attached hydrogens (tertiary/aromatic N) is 3. The van der Waals surface area contributed by atoms with Gasteiger partial charge in [-0.3, -0.25) is 4.90 Å². The van der Waals surface area contributed by atoms with Crippen molar-refractivity contribution in [3.8, 4) is 5.75 Å². The van der Waals surface area contributed by atoms with E-state index in [-0.39, 0.29) is 6.61 Å². The van der Waals surface area contributed by atoms with Crippen molar-refractivity contribution in [3.05, 3.63) is 29.8 Å². The highest BCUT2D eigenvalue weighted by atomic mass is 32.2. The number of carboxylic acids is 1. The van der Waals surface area contributed by atoms with E-state index in [4.69, 9.17) is 9.84 Å². The van der Waals surface area contributed by atoms with Gasteiger partial charge in [0.05, 0.1) is 0 Å². The molecule has 0 amide bonds. The Balaban J connectivity index is 1.53. The maximum atomic E-state index is 12.9. The van der Waals surface area contributed by atoms with E-state index in [1.807, 2.05) is 12.1 Å². The highest BCUT2D eigenvalue weighted by molar-refractivity contribution is 7.86. The Morgan fingerprint density at radius 2 is 1.54 bits per heavy atom. The summed E-state index contributed by atoms with van der Waals surface area (Å²) in [5, 5.41) is 8.65. The summed E-state index contributed by atoms with van der Waals surface area (Å²) in [6.45, 7) is 4.28. The second kappa shape index (κ2) is 9.69. The Labute approximate surface area is 166 Å². The summed E-state index contributed by atoms with van der Waals surface area (Å²) in [6, 6.07) is 7.38. The summed E-state index contributed by atoms with van der Waals surface area (Å²) >= 11 is 0. The maximum Gasteiger partial charge on any atom is 0.341 e. The molecule has 2 saturated heterocycles. The topological polar surface area (TPSA) is 90.4 Å². The number of carboxylic acid groups (broad SMARTS) is 1. The number of hydrogen-bond donors (Lipinski definition) is 1. The largest absolute Gasteiger partial charge is 0.482 e. The number of piperidine rings is 1. The van der Waals surface area contributed by atoms with Crippen LogP contribution >= 0.6 is 0 Å². The molecule has 0 unspecified atom stereocenters. The van der Waals surface area contributed by atoms with Gasteiger partial charge < -0.3 is 9.84 Å². The molecule has 3 rings (SSSR count). The van der Waals surface area contributed by atoms with E-state index in [0.29, 0.717) is 38.5 Å². The molecule has 0 aliphatic carbocycles. The Bertz CT molecular complexity index is 747. The maximum absolute atomic E-state index is 12.9. The van der Waals surface area contributed by atoms with E-state index in [1.54, 1.807) is 20.7 Å². The molecule has 0 bridgehead atoms. The van der Waals surface area contributed by atoms with E-state index in [9.17, 15) is 13.2 Å². The van der Waals surface area contributed by atoms with Gasteiger partial charge in [0.25, 0.3) is 10.2 Å². The highest BCUT2D eigenvalue weighted by Crippen LogP contribution is 2.19. The summed E-state index contributed by atoms with van der Waals surface area (Å²) in [6.07, 6.45) is 3.82. The minimum atomic E-state index is -3.35. The van der Waals surface area contributed by atoms with Gasteiger partial charge in [0.15, 0.2) is 6.61 Å². The van der Waals surface area contributed by atoms with Crippen molar-refractivity contribution >= 4 is 16.2 Å². The lowest BCUT2D eigenvalue weighted by Crippen LogP contribution is -2.47. The van der Waals surface area contributed by atoms with Crippen molar-refractivity contribution in [2.24, 2.45) is 0 Å². The zero-order valence-corrected chi connectivity index (χ0v) is 16.9. The fraction of sp³-hybridized carbons (Fsp3) is 0.632. The van der Waals surface area contributed by atoms with Crippen LogP contribution in [0.25, 0.3) is 0 Å². The zero-order valence-electron chi connectivity index (χ0n) is 16.1. The molecule has 0 radical (unpaired) electrons. The van der Waals surface area contributed by atoms with Crippen molar-refractivity contribution < 1.29 is 23.1 Å². The normalized spacial score (nSPS) is 20.6. The van der Waals surface area contributed by atoms with E-state index in [1.165, 1.54) is 0 Å². The lowest BCUT2D eigenvalue weighted by molar-refractivity contribution is -0.139. The molecular formula is C19H29N3O5S. The van der Waals surface area contributed by atoms with Crippen LogP contribution in [-0.4, -0.2) is 78.9 Å². The molecule has 2 aliphatic heterocycles. The average molecular weight is 412 g/mol. The van der Waals surface area contributed by atoms with Gasteiger partial charge in [-0.2, -0.15) is 17.0 Å². The van der Waals surface area contributed by atoms with Gasteiger partial charge in [-0.05, 0) is 43.5 Å². The molecule has 0 atom stereocenters. The predicted molar refractivity (Wildman–Crippen MR) is 105 cm³/mol. The average Bonchev–Trinajstić information content (AvgIpc) is 2.94. The predicted octanol–water partition coefficient (Wildman–Crippen LogP) is 1.39. The lowest BCUT2D eigenvalue weighted by Gasteiger charge is -2.31. The van der Waals surface area contributed by atoms with Crippen LogP contribution in [-0.2, 0) is 21.5 Å². The summed E-state index contributed by atoms with van der Waals surface area (Å²) in [7, 11) is -3.35. The van der Waals surface area contributed by atoms with Crippen LogP contribution in [0.1, 0.15) is 31.2 Å². The number of rotatable bonds is 7. The van der Waals surface area contributed by atoms with E-state index < -0.39 is 16.2 Å². The van der Waals surface area contributed by atoms with E-state index >= 15 is 0 Å². The van der Waals surface area contributed by atoms with Crippen LogP contribution in [0.4, 0.5) is 0 Å². The molecule has 8 nitrogen and oxygen atoms in total. The fourth-order valence-corrected chi connectivity index (χ4v) is 5.41. The van der Waals surface area contributed by atoms with Gasteiger partial charge in [0.2, 0.25) is 0 Å². The first-order chi connectivity index (χ1) is 13.4. The molecule has 1 N–H and O–H groups in total. The second-order valence-corrected chi connectivity index (χ2v) is 9.25. The van der Waals surface area contributed by atoms with Crippen LogP contribution < -0.4 is 4.74 Å². The summed E-state index contributed by atoms with van der Waals surface area (Å²) < 4.78 is 34.2. The van der Waals surface area contributed by atoms with Crippen LogP contribution in [0, 0.1) is 0 Å². The van der Waals surface area contributed by atoms with Crippen LogP contribution in [0.5, 0.6) is 5.75 Å². The van der Waals surface area contributed by atoms with Gasteiger partial charge in [-0.15, -0.1) is 0 Å². The summed E-state index contributed by atoms with van der Waals surface area (Å²) in [5.41, 5.74) is 1.09. The van der Waals surface area contributed by atoms with Gasteiger partial charge in [-0.1, -0.05) is 18.6 Å². The molecule has 9 heteroatoms. The number of benzene rings is 1. The number of ether oxygens (including phenoxy) is 1. The summed E-state index contributed by atoms with van der Waals surface area (Å²) in [4.78, 5) is 12.8. The molecule has 2 fully saturated rings. The Kier molecular flexibility index (Phi) is 7.28. The van der Waals surface area contributed by atoms with Crippen molar-refractivity contribution in [1.29, 1.82) is 0 Å². The fourth-order valence-electron chi connectivity index (χ4n) is 3.69. The summed E-state index contributed by atoms with van der Waals surface area (Å²) in [5.74, 6) is -0.474. The number of hydrogen-bond acceptors (Lipinski definition) is 5. The minimum absolute atomic E-state index is 0.354. The van der Waals surface area contributed by atoms with Gasteiger partial charge in [0, 0.05) is 39.3 Å². The number of aliphatic carboxylic acids is 1. The van der Waals surface area contributed by atoms with Gasteiger partial charge in [0.1, 0.15) is 5.75 Å². The Hall–Kier alpha value is -1.68. The first kappa shape index (κ1) is 21.0. The second-order valence-electron chi connectivity index (χ2n) is 7.32. The Morgan fingerprint density at radius 1 is 0.893 bits per heavy atom. The molecule has 156 valence electrons.